The molecule has 106 valence electrons. The Balaban J connectivity index is 2.78. The molecule has 3 nitrogen and oxygen atoms in total. The van der Waals surface area contributed by atoms with Crippen molar-refractivity contribution in [2.75, 3.05) is 13.6 Å². The fourth-order valence-electron chi connectivity index (χ4n) is 2.64. The van der Waals surface area contributed by atoms with E-state index in [1.807, 2.05) is 20.8 Å². The zero-order chi connectivity index (χ0) is 14.1. The molecule has 1 saturated heterocycles. The zero-order valence-corrected chi connectivity index (χ0v) is 13.0. The molecule has 1 heterocycles. The number of hydrogen-bond acceptors (Lipinski definition) is 3. The van der Waals surface area contributed by atoms with E-state index in [1.165, 1.54) is 0 Å². The molecule has 0 radical (unpaired) electrons. The number of rotatable bonds is 2. The summed E-state index contributed by atoms with van der Waals surface area (Å²) < 4.78 is 5.59. The van der Waals surface area contributed by atoms with Gasteiger partial charge in [-0.05, 0) is 60.0 Å². The molecular weight excluding hydrogens is 226 g/mol. The highest BCUT2D eigenvalue weighted by molar-refractivity contribution is 5.77. The second kappa shape index (κ2) is 5.20. The van der Waals surface area contributed by atoms with Crippen molar-refractivity contribution in [1.29, 1.82) is 0 Å². The van der Waals surface area contributed by atoms with Gasteiger partial charge in [-0.25, -0.2) is 0 Å². The van der Waals surface area contributed by atoms with Crippen molar-refractivity contribution < 1.29 is 9.53 Å². The lowest BCUT2D eigenvalue weighted by molar-refractivity contribution is -0.171. The van der Waals surface area contributed by atoms with Gasteiger partial charge in [-0.15, -0.1) is 0 Å². The summed E-state index contributed by atoms with van der Waals surface area (Å²) in [5.74, 6) is 0.533. The highest BCUT2D eigenvalue weighted by Gasteiger charge is 2.43. The monoisotopic (exact) mass is 255 g/mol. The van der Waals surface area contributed by atoms with Crippen LogP contribution < -0.4 is 0 Å². The predicted molar refractivity (Wildman–Crippen MR) is 74.4 cm³/mol. The van der Waals surface area contributed by atoms with E-state index in [1.54, 1.807) is 0 Å². The topological polar surface area (TPSA) is 29.5 Å². The molecule has 0 aromatic carbocycles. The molecule has 0 aromatic rings. The van der Waals surface area contributed by atoms with Gasteiger partial charge in [-0.2, -0.15) is 0 Å². The Labute approximate surface area is 112 Å². The van der Waals surface area contributed by atoms with Crippen LogP contribution in [0.3, 0.4) is 0 Å². The van der Waals surface area contributed by atoms with Crippen LogP contribution in [0, 0.1) is 11.3 Å². The average Bonchev–Trinajstić information content (AvgIpc) is 2.19. The molecule has 2 atom stereocenters. The first-order valence-corrected chi connectivity index (χ1v) is 6.99. The number of ether oxygens (including phenoxy) is 1. The van der Waals surface area contributed by atoms with E-state index < -0.39 is 5.60 Å². The van der Waals surface area contributed by atoms with Gasteiger partial charge in [0.1, 0.15) is 5.60 Å². The molecule has 0 unspecified atom stereocenters. The van der Waals surface area contributed by atoms with Crippen LogP contribution in [0.4, 0.5) is 0 Å². The molecule has 1 fully saturated rings. The Morgan fingerprint density at radius 3 is 2.39 bits per heavy atom. The minimum absolute atomic E-state index is 0.0336. The third-order valence-corrected chi connectivity index (χ3v) is 3.90. The van der Waals surface area contributed by atoms with Gasteiger partial charge in [-0.1, -0.05) is 13.8 Å². The number of nitrogens with zero attached hydrogens (tertiary/aromatic N) is 1. The maximum atomic E-state index is 12.4. The fraction of sp³-hybridized carbons (Fsp3) is 0.933. The summed E-state index contributed by atoms with van der Waals surface area (Å²) in [4.78, 5) is 14.7. The highest BCUT2D eigenvalue weighted by atomic mass is 16.6. The predicted octanol–water partition coefficient (Wildman–Crippen LogP) is 3.08. The van der Waals surface area contributed by atoms with Gasteiger partial charge in [0.2, 0.25) is 0 Å². The van der Waals surface area contributed by atoms with Crippen molar-refractivity contribution in [2.45, 2.75) is 66.0 Å². The number of piperidine rings is 1. The minimum Gasteiger partial charge on any atom is -0.460 e. The molecule has 0 bridgehead atoms. The van der Waals surface area contributed by atoms with Gasteiger partial charge < -0.3 is 9.64 Å². The normalized spacial score (nSPS) is 30.6. The summed E-state index contributed by atoms with van der Waals surface area (Å²) in [6.07, 6.45) is 1.79. The van der Waals surface area contributed by atoms with Gasteiger partial charge >= 0.3 is 5.97 Å². The molecule has 0 saturated carbocycles. The largest absolute Gasteiger partial charge is 0.460 e. The first-order chi connectivity index (χ1) is 8.05. The van der Waals surface area contributed by atoms with Crippen molar-refractivity contribution in [3.63, 3.8) is 0 Å². The van der Waals surface area contributed by atoms with Crippen LogP contribution in [0.5, 0.6) is 0 Å². The third kappa shape index (κ3) is 3.71. The molecule has 1 rings (SSSR count). The van der Waals surface area contributed by atoms with E-state index in [-0.39, 0.29) is 11.4 Å². The van der Waals surface area contributed by atoms with E-state index in [9.17, 15) is 4.79 Å². The van der Waals surface area contributed by atoms with Crippen LogP contribution in [-0.4, -0.2) is 36.1 Å². The average molecular weight is 255 g/mol. The Kier molecular flexibility index (Phi) is 4.47. The zero-order valence-electron chi connectivity index (χ0n) is 13.0. The van der Waals surface area contributed by atoms with Gasteiger partial charge in [0.05, 0.1) is 5.41 Å². The first kappa shape index (κ1) is 15.5. The Bertz CT molecular complexity index is 306. The smallest absolute Gasteiger partial charge is 0.312 e. The van der Waals surface area contributed by atoms with Crippen molar-refractivity contribution in [3.8, 4) is 0 Å². The Morgan fingerprint density at radius 1 is 1.39 bits per heavy atom. The molecule has 0 spiro atoms. The van der Waals surface area contributed by atoms with Gasteiger partial charge in [0, 0.05) is 6.04 Å². The maximum Gasteiger partial charge on any atom is 0.312 e. The van der Waals surface area contributed by atoms with Crippen molar-refractivity contribution in [3.05, 3.63) is 0 Å². The maximum absolute atomic E-state index is 12.4. The Morgan fingerprint density at radius 2 is 1.94 bits per heavy atom. The second-order valence-electron chi connectivity index (χ2n) is 7.31. The molecule has 18 heavy (non-hydrogen) atoms. The van der Waals surface area contributed by atoms with E-state index in [0.717, 1.165) is 19.4 Å². The number of carbonyl (C=O) groups is 1. The standard InChI is InChI=1S/C15H29NO2/c1-11(2)12-10-15(6,8-9-16(12)7)13(17)18-14(3,4)5/h11-12H,8-10H2,1-7H3/t12-,15+/m0/s1. The van der Waals surface area contributed by atoms with E-state index in [4.69, 9.17) is 4.74 Å². The number of likely N-dealkylation sites (tertiary alicyclic amines) is 1. The van der Waals surface area contributed by atoms with Gasteiger partial charge in [-0.3, -0.25) is 4.79 Å². The molecule has 0 aliphatic carbocycles. The summed E-state index contributed by atoms with van der Waals surface area (Å²) in [7, 11) is 2.15. The quantitative estimate of drug-likeness (QED) is 0.710. The summed E-state index contributed by atoms with van der Waals surface area (Å²) in [5.41, 5.74) is -0.717. The highest BCUT2D eigenvalue weighted by Crippen LogP contribution is 2.38. The fourth-order valence-corrected chi connectivity index (χ4v) is 2.64. The lowest BCUT2D eigenvalue weighted by Crippen LogP contribution is -2.50. The molecule has 1 aliphatic heterocycles. The van der Waals surface area contributed by atoms with Crippen LogP contribution in [0.2, 0.25) is 0 Å². The number of hydrogen-bond donors (Lipinski definition) is 0. The van der Waals surface area contributed by atoms with Crippen molar-refractivity contribution in [1.82, 2.24) is 4.90 Å². The van der Waals surface area contributed by atoms with Crippen LogP contribution in [0.15, 0.2) is 0 Å². The molecule has 1 aliphatic rings. The summed E-state index contributed by atoms with van der Waals surface area (Å²) in [6, 6.07) is 0.469. The first-order valence-electron chi connectivity index (χ1n) is 6.99. The van der Waals surface area contributed by atoms with Crippen LogP contribution in [0.25, 0.3) is 0 Å². The van der Waals surface area contributed by atoms with Crippen LogP contribution in [-0.2, 0) is 9.53 Å². The van der Waals surface area contributed by atoms with Crippen LogP contribution >= 0.6 is 0 Å². The second-order valence-corrected chi connectivity index (χ2v) is 7.31. The van der Waals surface area contributed by atoms with Crippen molar-refractivity contribution >= 4 is 5.97 Å². The van der Waals surface area contributed by atoms with Crippen LogP contribution in [0.1, 0.15) is 54.4 Å². The minimum atomic E-state index is -0.392. The van der Waals surface area contributed by atoms with E-state index in [2.05, 4.69) is 32.7 Å². The molecule has 0 amide bonds. The molecular formula is C15H29NO2. The van der Waals surface area contributed by atoms with Crippen molar-refractivity contribution in [2.24, 2.45) is 11.3 Å². The molecule has 0 aromatic heterocycles. The summed E-state index contributed by atoms with van der Waals surface area (Å²) in [5, 5.41) is 0. The van der Waals surface area contributed by atoms with Gasteiger partial charge in [0.25, 0.3) is 0 Å². The molecule has 3 heteroatoms. The Hall–Kier alpha value is -0.570. The molecule has 0 N–H and O–H groups in total. The summed E-state index contributed by atoms with van der Waals surface area (Å²) in [6.45, 7) is 13.3. The lowest BCUT2D eigenvalue weighted by atomic mass is 9.74. The van der Waals surface area contributed by atoms with E-state index in [0.29, 0.717) is 12.0 Å². The number of carbonyl (C=O) groups excluding carboxylic acids is 1. The third-order valence-electron chi connectivity index (χ3n) is 3.90. The SMILES string of the molecule is CC(C)[C@@H]1C[C@](C)(C(=O)OC(C)(C)C)CCN1C. The lowest BCUT2D eigenvalue weighted by Gasteiger charge is -2.44. The summed E-state index contributed by atoms with van der Waals surface area (Å²) >= 11 is 0. The van der Waals surface area contributed by atoms with Gasteiger partial charge in [0.15, 0.2) is 0 Å². The van der Waals surface area contributed by atoms with E-state index >= 15 is 0 Å². The number of esters is 1.